The van der Waals surface area contributed by atoms with Gasteiger partial charge in [-0.05, 0) is 0 Å². The first-order chi connectivity index (χ1) is 5.40. The van der Waals surface area contributed by atoms with Gasteiger partial charge in [-0.25, -0.2) is 13.2 Å². The van der Waals surface area contributed by atoms with Crippen LogP contribution >= 0.6 is 0 Å². The number of carbonyl (C=O) groups excluding carboxylic acids is 1. The Balaban J connectivity index is 4.39. The summed E-state index contributed by atoms with van der Waals surface area (Å²) in [5.41, 5.74) is 0. The molecule has 0 bridgehead atoms. The third kappa shape index (κ3) is 4.09. The van der Waals surface area contributed by atoms with Gasteiger partial charge in [0.05, 0.1) is 13.4 Å². The van der Waals surface area contributed by atoms with Crippen molar-refractivity contribution in [2.45, 2.75) is 6.04 Å². The second-order valence-electron chi connectivity index (χ2n) is 2.13. The zero-order valence-corrected chi connectivity index (χ0v) is 7.72. The molecule has 0 radical (unpaired) electrons. The summed E-state index contributed by atoms with van der Waals surface area (Å²) in [6.45, 7) is 3.29. The van der Waals surface area contributed by atoms with Gasteiger partial charge < -0.3 is 4.74 Å². The van der Waals surface area contributed by atoms with E-state index in [0.717, 1.165) is 12.3 Å². The third-order valence-corrected chi connectivity index (χ3v) is 1.71. The number of nitrogens with one attached hydrogen (secondary N) is 1. The monoisotopic (exact) mass is 193 g/mol. The standard InChI is InChI=1S/C6H11NO4S/c1-4-5(6(8)11-2)7-12(3,9)10/h4-5,7H,1H2,2-3H3. The van der Waals surface area contributed by atoms with Crippen LogP contribution in [0.2, 0.25) is 0 Å². The van der Waals surface area contributed by atoms with Gasteiger partial charge in [0.1, 0.15) is 6.04 Å². The van der Waals surface area contributed by atoms with E-state index < -0.39 is 22.0 Å². The molecule has 0 aromatic heterocycles. The van der Waals surface area contributed by atoms with Crippen LogP contribution in [0.4, 0.5) is 0 Å². The van der Waals surface area contributed by atoms with Crippen LogP contribution < -0.4 is 4.72 Å². The molecule has 0 saturated carbocycles. The lowest BCUT2D eigenvalue weighted by molar-refractivity contribution is -0.141. The van der Waals surface area contributed by atoms with Crippen molar-refractivity contribution >= 4 is 16.0 Å². The van der Waals surface area contributed by atoms with Crippen LogP contribution in [0.25, 0.3) is 0 Å². The van der Waals surface area contributed by atoms with E-state index in [1.807, 2.05) is 4.72 Å². The maximum atomic E-state index is 10.8. The Bertz CT molecular complexity index is 269. The predicted molar refractivity (Wildman–Crippen MR) is 44.0 cm³/mol. The minimum atomic E-state index is -3.41. The highest BCUT2D eigenvalue weighted by Gasteiger charge is 2.18. The molecule has 0 spiro atoms. The fourth-order valence-corrected chi connectivity index (χ4v) is 1.20. The van der Waals surface area contributed by atoms with Gasteiger partial charge in [0.2, 0.25) is 10.0 Å². The highest BCUT2D eigenvalue weighted by Crippen LogP contribution is 1.91. The van der Waals surface area contributed by atoms with Gasteiger partial charge in [-0.15, -0.1) is 6.58 Å². The molecule has 0 aliphatic rings. The SMILES string of the molecule is C=CC(NS(C)(=O)=O)C(=O)OC. The molecule has 1 atom stereocenters. The molecular weight excluding hydrogens is 182 g/mol. The Kier molecular flexibility index (Phi) is 3.91. The van der Waals surface area contributed by atoms with Crippen LogP contribution in [0.3, 0.4) is 0 Å². The van der Waals surface area contributed by atoms with Crippen molar-refractivity contribution in [2.75, 3.05) is 13.4 Å². The Morgan fingerprint density at radius 1 is 1.67 bits per heavy atom. The topological polar surface area (TPSA) is 72.5 Å². The molecule has 12 heavy (non-hydrogen) atoms. The van der Waals surface area contributed by atoms with Gasteiger partial charge in [-0.3, -0.25) is 0 Å². The van der Waals surface area contributed by atoms with E-state index in [1.54, 1.807) is 0 Å². The number of esters is 1. The lowest BCUT2D eigenvalue weighted by atomic mass is 10.3. The fourth-order valence-electron chi connectivity index (χ4n) is 0.550. The first-order valence-corrected chi connectivity index (χ1v) is 4.97. The summed E-state index contributed by atoms with van der Waals surface area (Å²) in [7, 11) is -2.24. The average molecular weight is 193 g/mol. The smallest absolute Gasteiger partial charge is 0.327 e. The maximum absolute atomic E-state index is 10.8. The van der Waals surface area contributed by atoms with Gasteiger partial charge in [-0.1, -0.05) is 6.08 Å². The van der Waals surface area contributed by atoms with Crippen LogP contribution in [0, 0.1) is 0 Å². The van der Waals surface area contributed by atoms with E-state index in [4.69, 9.17) is 0 Å². The molecule has 5 nitrogen and oxygen atoms in total. The van der Waals surface area contributed by atoms with Crippen molar-refractivity contribution in [3.63, 3.8) is 0 Å². The van der Waals surface area contributed by atoms with E-state index >= 15 is 0 Å². The van der Waals surface area contributed by atoms with Crippen molar-refractivity contribution in [1.29, 1.82) is 0 Å². The maximum Gasteiger partial charge on any atom is 0.327 e. The molecule has 70 valence electrons. The second kappa shape index (κ2) is 4.22. The molecule has 0 amide bonds. The number of carbonyl (C=O) groups is 1. The van der Waals surface area contributed by atoms with Crippen molar-refractivity contribution in [3.05, 3.63) is 12.7 Å². The van der Waals surface area contributed by atoms with Gasteiger partial charge >= 0.3 is 5.97 Å². The number of methoxy groups -OCH3 is 1. The van der Waals surface area contributed by atoms with Crippen molar-refractivity contribution in [1.82, 2.24) is 4.72 Å². The molecular formula is C6H11NO4S. The summed E-state index contributed by atoms with van der Waals surface area (Å²) in [4.78, 5) is 10.8. The minimum Gasteiger partial charge on any atom is -0.468 e. The summed E-state index contributed by atoms with van der Waals surface area (Å²) in [5, 5.41) is 0. The normalized spacial score (nSPS) is 13.5. The molecule has 0 heterocycles. The lowest BCUT2D eigenvalue weighted by Gasteiger charge is -2.09. The molecule has 0 fully saturated rings. The first kappa shape index (κ1) is 11.1. The summed E-state index contributed by atoms with van der Waals surface area (Å²) in [6, 6.07) is -1.01. The van der Waals surface area contributed by atoms with E-state index in [-0.39, 0.29) is 0 Å². The Morgan fingerprint density at radius 2 is 2.17 bits per heavy atom. The third-order valence-electron chi connectivity index (χ3n) is 1.03. The van der Waals surface area contributed by atoms with Crippen LogP contribution in [0.5, 0.6) is 0 Å². The van der Waals surface area contributed by atoms with Crippen LogP contribution in [-0.4, -0.2) is 33.8 Å². The summed E-state index contributed by atoms with van der Waals surface area (Å²) in [6.07, 6.45) is 2.11. The minimum absolute atomic E-state index is 0.685. The van der Waals surface area contributed by atoms with Crippen LogP contribution in [0.15, 0.2) is 12.7 Å². The quantitative estimate of drug-likeness (QED) is 0.471. The zero-order valence-electron chi connectivity index (χ0n) is 6.90. The summed E-state index contributed by atoms with van der Waals surface area (Å²) in [5.74, 6) is -0.685. The van der Waals surface area contributed by atoms with E-state index in [0.29, 0.717) is 0 Å². The predicted octanol–water partition coefficient (Wildman–Crippen LogP) is -0.737. The molecule has 0 aromatic carbocycles. The highest BCUT2D eigenvalue weighted by molar-refractivity contribution is 7.88. The summed E-state index contributed by atoms with van der Waals surface area (Å²) >= 11 is 0. The van der Waals surface area contributed by atoms with Gasteiger partial charge in [0.25, 0.3) is 0 Å². The molecule has 0 saturated heterocycles. The summed E-state index contributed by atoms with van der Waals surface area (Å²) < 4.78 is 27.7. The Hall–Kier alpha value is -0.880. The number of ether oxygens (including phenoxy) is 1. The molecule has 0 aliphatic carbocycles. The van der Waals surface area contributed by atoms with Crippen molar-refractivity contribution < 1.29 is 17.9 Å². The zero-order chi connectivity index (χ0) is 9.78. The Labute approximate surface area is 71.5 Å². The van der Waals surface area contributed by atoms with Gasteiger partial charge in [0.15, 0.2) is 0 Å². The highest BCUT2D eigenvalue weighted by atomic mass is 32.2. The molecule has 1 unspecified atom stereocenters. The van der Waals surface area contributed by atoms with E-state index in [1.165, 1.54) is 7.11 Å². The number of rotatable bonds is 4. The molecule has 1 N–H and O–H groups in total. The molecule has 0 rings (SSSR count). The lowest BCUT2D eigenvalue weighted by Crippen LogP contribution is -2.39. The van der Waals surface area contributed by atoms with Crippen molar-refractivity contribution in [2.24, 2.45) is 0 Å². The van der Waals surface area contributed by atoms with Gasteiger partial charge in [-0.2, -0.15) is 4.72 Å². The van der Waals surface area contributed by atoms with Gasteiger partial charge in [0, 0.05) is 0 Å². The molecule has 0 aromatic rings. The molecule has 0 aliphatic heterocycles. The van der Waals surface area contributed by atoms with E-state index in [9.17, 15) is 13.2 Å². The second-order valence-corrected chi connectivity index (χ2v) is 3.91. The molecule has 6 heteroatoms. The largest absolute Gasteiger partial charge is 0.468 e. The first-order valence-electron chi connectivity index (χ1n) is 3.08. The van der Waals surface area contributed by atoms with Crippen LogP contribution in [-0.2, 0) is 19.6 Å². The van der Waals surface area contributed by atoms with E-state index in [2.05, 4.69) is 11.3 Å². The number of hydrogen-bond donors (Lipinski definition) is 1. The van der Waals surface area contributed by atoms with Crippen molar-refractivity contribution in [3.8, 4) is 0 Å². The average Bonchev–Trinajstić information content (AvgIpc) is 1.97. The van der Waals surface area contributed by atoms with Crippen LogP contribution in [0.1, 0.15) is 0 Å². The fraction of sp³-hybridized carbons (Fsp3) is 0.500. The Morgan fingerprint density at radius 3 is 2.42 bits per heavy atom. The number of hydrogen-bond acceptors (Lipinski definition) is 4. The number of sulfonamides is 1.